The Hall–Kier alpha value is 0.310. The summed E-state index contributed by atoms with van der Waals surface area (Å²) in [6, 6.07) is 1.48. The average molecular weight is 229 g/mol. The number of nitrogens with one attached hydrogen (secondary N) is 1. The van der Waals surface area contributed by atoms with E-state index in [1.54, 1.807) is 0 Å². The number of hydrogen-bond donors (Lipinski definition) is 1. The monoisotopic (exact) mass is 229 g/mol. The molecule has 0 saturated heterocycles. The molecule has 1 saturated carbocycles. The summed E-state index contributed by atoms with van der Waals surface area (Å²) in [4.78, 5) is 0. The van der Waals surface area contributed by atoms with Gasteiger partial charge in [0.05, 0.1) is 0 Å². The summed E-state index contributed by atoms with van der Waals surface area (Å²) in [5.74, 6) is 2.08. The molecule has 1 rings (SSSR count). The van der Waals surface area contributed by atoms with E-state index < -0.39 is 0 Å². The van der Waals surface area contributed by atoms with Crippen molar-refractivity contribution < 1.29 is 0 Å². The van der Waals surface area contributed by atoms with Gasteiger partial charge in [-0.1, -0.05) is 27.2 Å². The van der Waals surface area contributed by atoms with Gasteiger partial charge in [-0.2, -0.15) is 11.8 Å². The Morgan fingerprint density at radius 3 is 2.60 bits per heavy atom. The van der Waals surface area contributed by atoms with Crippen LogP contribution in [-0.2, 0) is 0 Å². The fourth-order valence-electron chi connectivity index (χ4n) is 2.37. The predicted octanol–water partition coefficient (Wildman–Crippen LogP) is 3.68. The minimum atomic E-state index is 0.686. The smallest absolute Gasteiger partial charge is 0.00805 e. The normalized spacial score (nSPS) is 30.4. The van der Waals surface area contributed by atoms with Gasteiger partial charge in [0, 0.05) is 17.3 Å². The van der Waals surface area contributed by atoms with Crippen LogP contribution in [0.5, 0.6) is 0 Å². The minimum absolute atomic E-state index is 0.686. The number of thioether (sulfide) groups is 1. The number of hydrogen-bond acceptors (Lipinski definition) is 2. The summed E-state index contributed by atoms with van der Waals surface area (Å²) in [7, 11) is 0. The van der Waals surface area contributed by atoms with E-state index in [9.17, 15) is 0 Å². The first-order valence-electron chi connectivity index (χ1n) is 6.55. The van der Waals surface area contributed by atoms with E-state index in [1.807, 2.05) is 0 Å². The van der Waals surface area contributed by atoms with Gasteiger partial charge in [-0.05, 0) is 37.9 Å². The minimum Gasteiger partial charge on any atom is -0.311 e. The standard InChI is InChI=1S/C13H27NS/c1-5-10(3)11(4)14-12-7-8-13(9-12)15-6-2/h10-14H,5-9H2,1-4H3. The van der Waals surface area contributed by atoms with Crippen LogP contribution in [-0.4, -0.2) is 23.1 Å². The molecular formula is C13H27NS. The first-order valence-corrected chi connectivity index (χ1v) is 7.59. The van der Waals surface area contributed by atoms with Crippen LogP contribution in [0.3, 0.4) is 0 Å². The van der Waals surface area contributed by atoms with Crippen LogP contribution in [0, 0.1) is 5.92 Å². The Bertz CT molecular complexity index is 172. The molecule has 0 heterocycles. The third-order valence-electron chi connectivity index (χ3n) is 3.78. The molecule has 1 fully saturated rings. The lowest BCUT2D eigenvalue weighted by Gasteiger charge is -2.24. The maximum atomic E-state index is 3.80. The Morgan fingerprint density at radius 2 is 2.00 bits per heavy atom. The van der Waals surface area contributed by atoms with Crippen molar-refractivity contribution in [3.05, 3.63) is 0 Å². The average Bonchev–Trinajstić information content (AvgIpc) is 2.65. The van der Waals surface area contributed by atoms with Crippen LogP contribution in [0.4, 0.5) is 0 Å². The predicted molar refractivity (Wildman–Crippen MR) is 71.6 cm³/mol. The molecule has 4 unspecified atom stereocenters. The molecule has 15 heavy (non-hydrogen) atoms. The van der Waals surface area contributed by atoms with Crippen molar-refractivity contribution in [2.24, 2.45) is 5.92 Å². The van der Waals surface area contributed by atoms with Crippen molar-refractivity contribution >= 4 is 11.8 Å². The van der Waals surface area contributed by atoms with Gasteiger partial charge in [0.15, 0.2) is 0 Å². The van der Waals surface area contributed by atoms with Gasteiger partial charge in [-0.15, -0.1) is 0 Å². The molecule has 2 heteroatoms. The molecular weight excluding hydrogens is 202 g/mol. The highest BCUT2D eigenvalue weighted by molar-refractivity contribution is 7.99. The molecule has 0 aromatic rings. The summed E-state index contributed by atoms with van der Waals surface area (Å²) >= 11 is 2.14. The zero-order valence-corrected chi connectivity index (χ0v) is 11.6. The molecule has 1 nitrogen and oxygen atoms in total. The summed E-state index contributed by atoms with van der Waals surface area (Å²) in [5.41, 5.74) is 0. The van der Waals surface area contributed by atoms with Crippen molar-refractivity contribution in [1.82, 2.24) is 5.32 Å². The Labute approximate surface area is 99.8 Å². The molecule has 1 N–H and O–H groups in total. The van der Waals surface area contributed by atoms with E-state index >= 15 is 0 Å². The summed E-state index contributed by atoms with van der Waals surface area (Å²) < 4.78 is 0. The van der Waals surface area contributed by atoms with Gasteiger partial charge in [0.25, 0.3) is 0 Å². The van der Waals surface area contributed by atoms with Crippen LogP contribution in [0.1, 0.15) is 53.4 Å². The topological polar surface area (TPSA) is 12.0 Å². The van der Waals surface area contributed by atoms with Gasteiger partial charge < -0.3 is 5.32 Å². The second-order valence-corrected chi connectivity index (χ2v) is 6.51. The molecule has 0 amide bonds. The molecule has 0 spiro atoms. The number of rotatable bonds is 6. The highest BCUT2D eigenvalue weighted by Gasteiger charge is 2.26. The summed E-state index contributed by atoms with van der Waals surface area (Å²) in [6.07, 6.45) is 5.48. The maximum Gasteiger partial charge on any atom is 0.00805 e. The van der Waals surface area contributed by atoms with Crippen molar-refractivity contribution in [2.45, 2.75) is 70.7 Å². The van der Waals surface area contributed by atoms with Gasteiger partial charge >= 0.3 is 0 Å². The van der Waals surface area contributed by atoms with Crippen molar-refractivity contribution in [2.75, 3.05) is 5.75 Å². The van der Waals surface area contributed by atoms with Crippen LogP contribution in [0.2, 0.25) is 0 Å². The second-order valence-electron chi connectivity index (χ2n) is 4.93. The highest BCUT2D eigenvalue weighted by atomic mass is 32.2. The van der Waals surface area contributed by atoms with Crippen molar-refractivity contribution in [3.8, 4) is 0 Å². The van der Waals surface area contributed by atoms with E-state index in [-0.39, 0.29) is 0 Å². The molecule has 0 aromatic carbocycles. The fraction of sp³-hybridized carbons (Fsp3) is 1.00. The molecule has 90 valence electrons. The van der Waals surface area contributed by atoms with Crippen LogP contribution in [0.25, 0.3) is 0 Å². The Balaban J connectivity index is 2.23. The molecule has 4 atom stereocenters. The van der Waals surface area contributed by atoms with E-state index in [0.717, 1.165) is 17.2 Å². The third kappa shape index (κ3) is 4.36. The van der Waals surface area contributed by atoms with Crippen LogP contribution < -0.4 is 5.32 Å². The first-order chi connectivity index (χ1) is 7.17. The van der Waals surface area contributed by atoms with Crippen LogP contribution >= 0.6 is 11.8 Å². The maximum absolute atomic E-state index is 3.80. The Morgan fingerprint density at radius 1 is 1.27 bits per heavy atom. The fourth-order valence-corrected chi connectivity index (χ4v) is 3.51. The van der Waals surface area contributed by atoms with Crippen LogP contribution in [0.15, 0.2) is 0 Å². The Kier molecular flexibility index (Phi) is 6.06. The van der Waals surface area contributed by atoms with E-state index in [2.05, 4.69) is 44.8 Å². The lowest BCUT2D eigenvalue weighted by atomic mass is 10.00. The summed E-state index contributed by atoms with van der Waals surface area (Å²) in [5, 5.41) is 4.73. The second kappa shape index (κ2) is 6.80. The molecule has 0 bridgehead atoms. The van der Waals surface area contributed by atoms with E-state index in [0.29, 0.717) is 6.04 Å². The molecule has 1 aliphatic rings. The molecule has 1 aliphatic carbocycles. The quantitative estimate of drug-likeness (QED) is 0.745. The van der Waals surface area contributed by atoms with Crippen molar-refractivity contribution in [1.29, 1.82) is 0 Å². The van der Waals surface area contributed by atoms with Gasteiger partial charge in [0.2, 0.25) is 0 Å². The first kappa shape index (κ1) is 13.4. The lowest BCUT2D eigenvalue weighted by molar-refractivity contribution is 0.349. The zero-order valence-electron chi connectivity index (χ0n) is 10.8. The van der Waals surface area contributed by atoms with Crippen molar-refractivity contribution in [3.63, 3.8) is 0 Å². The summed E-state index contributed by atoms with van der Waals surface area (Å²) in [6.45, 7) is 9.25. The zero-order chi connectivity index (χ0) is 11.3. The van der Waals surface area contributed by atoms with Gasteiger partial charge in [0.1, 0.15) is 0 Å². The molecule has 0 aliphatic heterocycles. The highest BCUT2D eigenvalue weighted by Crippen LogP contribution is 2.30. The lowest BCUT2D eigenvalue weighted by Crippen LogP contribution is -2.38. The largest absolute Gasteiger partial charge is 0.311 e. The van der Waals surface area contributed by atoms with Gasteiger partial charge in [-0.3, -0.25) is 0 Å². The van der Waals surface area contributed by atoms with E-state index in [4.69, 9.17) is 0 Å². The molecule has 0 radical (unpaired) electrons. The third-order valence-corrected chi connectivity index (χ3v) is 5.02. The SMILES string of the molecule is CCSC1CCC(NC(C)C(C)CC)C1. The van der Waals surface area contributed by atoms with E-state index in [1.165, 1.54) is 31.4 Å². The van der Waals surface area contributed by atoms with Gasteiger partial charge in [-0.25, -0.2) is 0 Å². The molecule has 0 aromatic heterocycles.